The molecule has 0 aliphatic carbocycles. The summed E-state index contributed by atoms with van der Waals surface area (Å²) in [6.45, 7) is 3.61. The van der Waals surface area contributed by atoms with Crippen molar-refractivity contribution in [2.24, 2.45) is 4.99 Å². The Balaban J connectivity index is 2.13. The molecule has 150 valence electrons. The van der Waals surface area contributed by atoms with Crippen LogP contribution < -0.4 is 10.3 Å². The number of hydrogen-bond donors (Lipinski definition) is 1. The van der Waals surface area contributed by atoms with E-state index in [0.717, 1.165) is 5.56 Å². The summed E-state index contributed by atoms with van der Waals surface area (Å²) < 4.78 is 11.3. The van der Waals surface area contributed by atoms with Gasteiger partial charge in [0, 0.05) is 6.20 Å². The molecule has 0 radical (unpaired) electrons. The second-order valence-corrected chi connectivity index (χ2v) is 6.40. The number of nitrogens with one attached hydrogen (secondary N) is 1. The van der Waals surface area contributed by atoms with Crippen LogP contribution in [0.5, 0.6) is 5.75 Å². The number of esters is 1. The van der Waals surface area contributed by atoms with Crippen molar-refractivity contribution in [2.45, 2.75) is 20.3 Å². The first-order chi connectivity index (χ1) is 13.9. The molecule has 0 fully saturated rings. The number of H-pyrrole nitrogens is 1. The zero-order chi connectivity index (χ0) is 21.0. The lowest BCUT2D eigenvalue weighted by Gasteiger charge is -2.03. The van der Waals surface area contributed by atoms with Crippen LogP contribution >= 0.6 is 0 Å². The Bertz CT molecular complexity index is 1110. The van der Waals surface area contributed by atoms with E-state index in [9.17, 15) is 9.59 Å². The van der Waals surface area contributed by atoms with Crippen molar-refractivity contribution < 1.29 is 14.3 Å². The molecule has 0 atom stereocenters. The van der Waals surface area contributed by atoms with Crippen molar-refractivity contribution >= 4 is 17.5 Å². The number of aromatic amines is 1. The number of carbonyl (C=O) groups excluding carboxylic acids is 1. The van der Waals surface area contributed by atoms with Gasteiger partial charge in [0.05, 0.1) is 43.3 Å². The minimum Gasteiger partial charge on any atom is -0.497 e. The lowest BCUT2D eigenvalue weighted by molar-refractivity contribution is -0.139. The standard InChI is InChI=1S/C21H22N4O4/c1-13-6-5-11-22-20(13)23-14(2)19-17(12-18(26)29-4)24-25(21(19)27)15-7-9-16(28-3)10-8-15/h5-11,24H,12H2,1-4H3/b23-14+. The monoisotopic (exact) mass is 394 g/mol. The summed E-state index contributed by atoms with van der Waals surface area (Å²) in [4.78, 5) is 33.8. The van der Waals surface area contributed by atoms with E-state index in [2.05, 4.69) is 15.1 Å². The first-order valence-corrected chi connectivity index (χ1v) is 8.97. The van der Waals surface area contributed by atoms with E-state index < -0.39 is 5.97 Å². The third-order valence-electron chi connectivity index (χ3n) is 4.46. The summed E-state index contributed by atoms with van der Waals surface area (Å²) in [5.41, 5.74) is 2.37. The number of aliphatic imine (C=N–C) groups is 1. The summed E-state index contributed by atoms with van der Waals surface area (Å²) in [6, 6.07) is 10.7. The molecule has 1 N–H and O–H groups in total. The van der Waals surface area contributed by atoms with Gasteiger partial charge in [-0.1, -0.05) is 6.07 Å². The van der Waals surface area contributed by atoms with Gasteiger partial charge in [-0.05, 0) is 49.7 Å². The zero-order valence-electron chi connectivity index (χ0n) is 16.7. The highest BCUT2D eigenvalue weighted by atomic mass is 16.5. The minimum atomic E-state index is -0.462. The van der Waals surface area contributed by atoms with Gasteiger partial charge in [0.1, 0.15) is 5.75 Å². The molecular formula is C21H22N4O4. The molecule has 29 heavy (non-hydrogen) atoms. The van der Waals surface area contributed by atoms with Gasteiger partial charge in [0.25, 0.3) is 5.56 Å². The lowest BCUT2D eigenvalue weighted by Crippen LogP contribution is -2.20. The van der Waals surface area contributed by atoms with E-state index in [1.165, 1.54) is 11.8 Å². The van der Waals surface area contributed by atoms with E-state index in [4.69, 9.17) is 9.47 Å². The average molecular weight is 394 g/mol. The number of benzene rings is 1. The van der Waals surface area contributed by atoms with E-state index >= 15 is 0 Å². The number of aromatic nitrogens is 3. The summed E-state index contributed by atoms with van der Waals surface area (Å²) in [7, 11) is 2.88. The molecule has 0 aliphatic rings. The first-order valence-electron chi connectivity index (χ1n) is 8.97. The highest BCUT2D eigenvalue weighted by Gasteiger charge is 2.20. The number of aryl methyl sites for hydroxylation is 1. The van der Waals surface area contributed by atoms with Crippen LogP contribution in [-0.2, 0) is 16.0 Å². The number of nitrogens with zero attached hydrogens (tertiary/aromatic N) is 3. The van der Waals surface area contributed by atoms with Crippen LogP contribution in [0.25, 0.3) is 5.69 Å². The molecule has 3 rings (SSSR count). The zero-order valence-corrected chi connectivity index (χ0v) is 16.7. The van der Waals surface area contributed by atoms with E-state index in [1.54, 1.807) is 44.5 Å². The number of pyridine rings is 1. The van der Waals surface area contributed by atoms with Crippen molar-refractivity contribution in [3.05, 3.63) is 69.8 Å². The predicted octanol–water partition coefficient (Wildman–Crippen LogP) is 2.73. The van der Waals surface area contributed by atoms with Gasteiger partial charge in [-0.15, -0.1) is 0 Å². The van der Waals surface area contributed by atoms with Crippen molar-refractivity contribution in [3.8, 4) is 11.4 Å². The molecular weight excluding hydrogens is 372 g/mol. The summed E-state index contributed by atoms with van der Waals surface area (Å²) >= 11 is 0. The quantitative estimate of drug-likeness (QED) is 0.512. The van der Waals surface area contributed by atoms with Gasteiger partial charge >= 0.3 is 5.97 Å². The Labute approximate surface area is 167 Å². The number of carbonyl (C=O) groups is 1. The molecule has 0 amide bonds. The Morgan fingerprint density at radius 3 is 2.55 bits per heavy atom. The maximum absolute atomic E-state index is 13.2. The van der Waals surface area contributed by atoms with Crippen molar-refractivity contribution in [1.29, 1.82) is 0 Å². The molecule has 0 unspecified atom stereocenters. The predicted molar refractivity (Wildman–Crippen MR) is 110 cm³/mol. The van der Waals surface area contributed by atoms with Crippen molar-refractivity contribution in [3.63, 3.8) is 0 Å². The Morgan fingerprint density at radius 2 is 1.93 bits per heavy atom. The van der Waals surface area contributed by atoms with Gasteiger partial charge in [0.15, 0.2) is 5.82 Å². The second-order valence-electron chi connectivity index (χ2n) is 6.40. The highest BCUT2D eigenvalue weighted by molar-refractivity contribution is 6.01. The van der Waals surface area contributed by atoms with Crippen LogP contribution in [0.15, 0.2) is 52.4 Å². The summed E-state index contributed by atoms with van der Waals surface area (Å²) in [6.07, 6.45) is 1.56. The fourth-order valence-corrected chi connectivity index (χ4v) is 2.92. The van der Waals surface area contributed by atoms with Gasteiger partial charge in [-0.2, -0.15) is 0 Å². The summed E-state index contributed by atoms with van der Waals surface area (Å²) in [5.74, 6) is 0.730. The van der Waals surface area contributed by atoms with Crippen LogP contribution in [0.2, 0.25) is 0 Å². The molecule has 2 aromatic heterocycles. The average Bonchev–Trinajstić information content (AvgIpc) is 3.05. The third kappa shape index (κ3) is 4.26. The number of rotatable bonds is 6. The van der Waals surface area contributed by atoms with E-state index in [1.807, 2.05) is 19.1 Å². The molecule has 0 bridgehead atoms. The molecule has 0 saturated heterocycles. The molecule has 3 aromatic rings. The molecule has 8 heteroatoms. The van der Waals surface area contributed by atoms with Crippen LogP contribution in [0.1, 0.15) is 23.7 Å². The third-order valence-corrected chi connectivity index (χ3v) is 4.46. The van der Waals surface area contributed by atoms with Crippen LogP contribution in [-0.4, -0.2) is 40.7 Å². The number of methoxy groups -OCH3 is 2. The van der Waals surface area contributed by atoms with Gasteiger partial charge in [-0.3, -0.25) is 14.7 Å². The highest BCUT2D eigenvalue weighted by Crippen LogP contribution is 2.18. The second kappa shape index (κ2) is 8.55. The number of hydrogen-bond acceptors (Lipinski definition) is 6. The first kappa shape index (κ1) is 20.1. The fourth-order valence-electron chi connectivity index (χ4n) is 2.92. The van der Waals surface area contributed by atoms with E-state index in [-0.39, 0.29) is 12.0 Å². The molecule has 0 aliphatic heterocycles. The fraction of sp³-hybridized carbons (Fsp3) is 0.238. The molecule has 1 aromatic carbocycles. The Morgan fingerprint density at radius 1 is 1.21 bits per heavy atom. The lowest BCUT2D eigenvalue weighted by atomic mass is 10.1. The smallest absolute Gasteiger partial charge is 0.311 e. The van der Waals surface area contributed by atoms with Crippen molar-refractivity contribution in [2.75, 3.05) is 14.2 Å². The normalized spacial score (nSPS) is 11.4. The maximum atomic E-state index is 13.2. The van der Waals surface area contributed by atoms with Crippen LogP contribution in [0, 0.1) is 6.92 Å². The minimum absolute atomic E-state index is 0.0850. The van der Waals surface area contributed by atoms with Crippen LogP contribution in [0.4, 0.5) is 5.82 Å². The van der Waals surface area contributed by atoms with Crippen LogP contribution in [0.3, 0.4) is 0 Å². The van der Waals surface area contributed by atoms with Crippen molar-refractivity contribution in [1.82, 2.24) is 14.8 Å². The number of ether oxygens (including phenoxy) is 2. The largest absolute Gasteiger partial charge is 0.497 e. The Hall–Kier alpha value is -3.68. The molecule has 0 spiro atoms. The molecule has 8 nitrogen and oxygen atoms in total. The summed E-state index contributed by atoms with van der Waals surface area (Å²) in [5, 5.41) is 3.01. The van der Waals surface area contributed by atoms with E-state index in [0.29, 0.717) is 34.2 Å². The van der Waals surface area contributed by atoms with Gasteiger partial charge in [0.2, 0.25) is 0 Å². The topological polar surface area (TPSA) is 98.6 Å². The van der Waals surface area contributed by atoms with Gasteiger partial charge in [-0.25, -0.2) is 14.7 Å². The SMILES string of the molecule is COC(=O)Cc1[nH]n(-c2ccc(OC)cc2)c(=O)c1/C(C)=N/c1ncccc1C. The molecule has 2 heterocycles. The molecule has 0 saturated carbocycles. The maximum Gasteiger partial charge on any atom is 0.311 e. The Kier molecular flexibility index (Phi) is 5.92. The van der Waals surface area contributed by atoms with Gasteiger partial charge < -0.3 is 9.47 Å².